The van der Waals surface area contributed by atoms with Crippen LogP contribution in [-0.2, 0) is 10.8 Å². The molecule has 0 aliphatic heterocycles. The zero-order valence-corrected chi connectivity index (χ0v) is 33.5. The summed E-state index contributed by atoms with van der Waals surface area (Å²) in [6, 6.07) is 4.20. The lowest BCUT2D eigenvalue weighted by Gasteiger charge is -2.27. The van der Waals surface area contributed by atoms with Gasteiger partial charge in [-0.3, -0.25) is 0 Å². The van der Waals surface area contributed by atoms with Gasteiger partial charge in [-0.2, -0.15) is 38.5 Å². The lowest BCUT2D eigenvalue weighted by molar-refractivity contribution is 0.401. The van der Waals surface area contributed by atoms with E-state index in [0.717, 1.165) is 44.5 Å². The lowest BCUT2D eigenvalue weighted by atomic mass is 9.79. The molecule has 0 spiro atoms. The Labute approximate surface area is 299 Å². The number of aromatic hydroxyl groups is 1. The molecule has 0 saturated heterocycles. The van der Waals surface area contributed by atoms with Crippen LogP contribution in [0.3, 0.4) is 0 Å². The Balaban J connectivity index is 2.07. The first-order valence-corrected chi connectivity index (χ1v) is 22.0. The second-order valence-corrected chi connectivity index (χ2v) is 18.7. The van der Waals surface area contributed by atoms with E-state index in [0.29, 0.717) is 17.5 Å². The monoisotopic (exact) mass is 709 g/mol. The van der Waals surface area contributed by atoms with Gasteiger partial charge in [0.2, 0.25) is 0 Å². The molecule has 0 amide bonds. The summed E-state index contributed by atoms with van der Waals surface area (Å²) in [5, 5.41) is 12.6. The van der Waals surface area contributed by atoms with E-state index in [1.807, 2.05) is 35.7 Å². The summed E-state index contributed by atoms with van der Waals surface area (Å²) in [6.45, 7) is 17.2. The topological polar surface area (TPSA) is 68.1 Å². The molecule has 2 aromatic rings. The molecule has 1 heterocycles. The van der Waals surface area contributed by atoms with Gasteiger partial charge in [0.1, 0.15) is 11.5 Å². The molecule has 0 aliphatic carbocycles. The SMILES string of the molecule is CCCCCCCCSCCSc1nc(Oc2cc(C(C)(C)C)c(O)c(C(C)(C)C)c2)nc(SCCSCCCCCCCC)n1. The number of hydrogen-bond donors (Lipinski definition) is 1. The van der Waals surface area contributed by atoms with Crippen LogP contribution in [0.5, 0.6) is 17.5 Å². The van der Waals surface area contributed by atoms with Gasteiger partial charge in [-0.25, -0.2) is 0 Å². The van der Waals surface area contributed by atoms with E-state index in [2.05, 4.69) is 55.4 Å². The van der Waals surface area contributed by atoms with E-state index in [1.54, 1.807) is 23.5 Å². The van der Waals surface area contributed by atoms with Crippen molar-refractivity contribution in [2.45, 2.75) is 154 Å². The minimum Gasteiger partial charge on any atom is -0.507 e. The summed E-state index contributed by atoms with van der Waals surface area (Å²) >= 11 is 7.44. The smallest absolute Gasteiger partial charge is 0.327 e. The number of phenolic OH excluding ortho intramolecular Hbond substituents is 1. The molecule has 0 fully saturated rings. The summed E-state index contributed by atoms with van der Waals surface area (Å²) in [4.78, 5) is 14.3. The van der Waals surface area contributed by atoms with E-state index < -0.39 is 0 Å². The van der Waals surface area contributed by atoms with Gasteiger partial charge in [0.05, 0.1) is 0 Å². The molecular weight excluding hydrogens is 647 g/mol. The molecule has 0 saturated carbocycles. The zero-order chi connectivity index (χ0) is 33.8. The van der Waals surface area contributed by atoms with Crippen molar-refractivity contribution in [2.75, 3.05) is 34.5 Å². The van der Waals surface area contributed by atoms with E-state index in [-0.39, 0.29) is 10.8 Å². The number of nitrogens with zero attached hydrogens (tertiary/aromatic N) is 3. The third kappa shape index (κ3) is 17.1. The number of unbranched alkanes of at least 4 members (excludes halogenated alkanes) is 10. The summed E-state index contributed by atoms with van der Waals surface area (Å²) < 4.78 is 6.38. The van der Waals surface area contributed by atoms with Gasteiger partial charge in [-0.05, 0) is 47.3 Å². The fourth-order valence-electron chi connectivity index (χ4n) is 4.97. The van der Waals surface area contributed by atoms with Gasteiger partial charge in [0.15, 0.2) is 10.3 Å². The van der Waals surface area contributed by atoms with Crippen molar-refractivity contribution in [3.63, 3.8) is 0 Å². The Morgan fingerprint density at radius 3 is 1.39 bits per heavy atom. The average Bonchev–Trinajstić information content (AvgIpc) is 2.98. The molecule has 1 aromatic heterocycles. The molecule has 46 heavy (non-hydrogen) atoms. The Kier molecular flexibility index (Phi) is 20.5. The number of ether oxygens (including phenoxy) is 1. The predicted octanol–water partition coefficient (Wildman–Crippen LogP) is 12.3. The molecule has 0 bridgehead atoms. The van der Waals surface area contributed by atoms with Crippen LogP contribution >= 0.6 is 47.0 Å². The summed E-state index contributed by atoms with van der Waals surface area (Å²) in [5.74, 6) is 7.53. The molecule has 0 atom stereocenters. The second kappa shape index (κ2) is 22.8. The van der Waals surface area contributed by atoms with Crippen molar-refractivity contribution in [1.29, 1.82) is 0 Å². The van der Waals surface area contributed by atoms with Gasteiger partial charge >= 0.3 is 6.01 Å². The molecule has 2 rings (SSSR count). The third-order valence-electron chi connectivity index (χ3n) is 7.68. The minimum absolute atomic E-state index is 0.245. The molecular formula is C37H63N3O2S4. The van der Waals surface area contributed by atoms with Crippen LogP contribution in [0, 0.1) is 0 Å². The van der Waals surface area contributed by atoms with Crippen LogP contribution in [-0.4, -0.2) is 54.6 Å². The zero-order valence-electron chi connectivity index (χ0n) is 30.2. The van der Waals surface area contributed by atoms with Crippen molar-refractivity contribution >= 4 is 47.0 Å². The van der Waals surface area contributed by atoms with Crippen molar-refractivity contribution in [3.8, 4) is 17.5 Å². The van der Waals surface area contributed by atoms with Gasteiger partial charge in [0, 0.05) is 34.1 Å². The van der Waals surface area contributed by atoms with E-state index in [9.17, 15) is 5.11 Å². The van der Waals surface area contributed by atoms with E-state index >= 15 is 0 Å². The fraction of sp³-hybridized carbons (Fsp3) is 0.757. The molecule has 9 heteroatoms. The van der Waals surface area contributed by atoms with Gasteiger partial charge in [-0.15, -0.1) is 0 Å². The van der Waals surface area contributed by atoms with Crippen LogP contribution in [0.4, 0.5) is 0 Å². The van der Waals surface area contributed by atoms with Crippen molar-refractivity contribution in [1.82, 2.24) is 15.0 Å². The molecule has 5 nitrogen and oxygen atoms in total. The highest BCUT2D eigenvalue weighted by molar-refractivity contribution is 8.03. The predicted molar refractivity (Wildman–Crippen MR) is 208 cm³/mol. The summed E-state index contributed by atoms with van der Waals surface area (Å²) in [5.41, 5.74) is 1.23. The minimum atomic E-state index is -0.245. The number of phenols is 1. The van der Waals surface area contributed by atoms with Gasteiger partial charge in [-0.1, -0.05) is 143 Å². The van der Waals surface area contributed by atoms with Crippen molar-refractivity contribution < 1.29 is 9.84 Å². The van der Waals surface area contributed by atoms with Gasteiger partial charge in [0.25, 0.3) is 0 Å². The first-order chi connectivity index (χ1) is 22.0. The van der Waals surface area contributed by atoms with Gasteiger partial charge < -0.3 is 9.84 Å². The number of aromatic nitrogens is 3. The lowest BCUT2D eigenvalue weighted by Crippen LogP contribution is -2.17. The van der Waals surface area contributed by atoms with Crippen LogP contribution in [0.25, 0.3) is 0 Å². The first kappa shape index (κ1) is 41.4. The average molecular weight is 710 g/mol. The quantitative estimate of drug-likeness (QED) is 0.0847. The number of hydrogen-bond acceptors (Lipinski definition) is 9. The normalized spacial score (nSPS) is 12.2. The largest absolute Gasteiger partial charge is 0.507 e. The van der Waals surface area contributed by atoms with E-state index in [4.69, 9.17) is 19.7 Å². The Morgan fingerprint density at radius 1 is 0.565 bits per heavy atom. The van der Waals surface area contributed by atoms with Crippen LogP contribution in [0.2, 0.25) is 0 Å². The molecule has 0 radical (unpaired) electrons. The second-order valence-electron chi connectivity index (χ2n) is 14.1. The van der Waals surface area contributed by atoms with Crippen LogP contribution in [0.1, 0.15) is 144 Å². The summed E-state index contributed by atoms with van der Waals surface area (Å²) in [7, 11) is 0. The maximum absolute atomic E-state index is 11.2. The Hall–Kier alpha value is -0.770. The Morgan fingerprint density at radius 2 is 0.978 bits per heavy atom. The van der Waals surface area contributed by atoms with E-state index in [1.165, 1.54) is 88.6 Å². The Bertz CT molecular complexity index is 1040. The first-order valence-electron chi connectivity index (χ1n) is 17.7. The third-order valence-corrected chi connectivity index (χ3v) is 12.0. The number of benzene rings is 1. The number of thioether (sulfide) groups is 4. The molecule has 0 aliphatic rings. The van der Waals surface area contributed by atoms with Crippen molar-refractivity contribution in [2.24, 2.45) is 0 Å². The summed E-state index contributed by atoms with van der Waals surface area (Å²) in [6.07, 6.45) is 16.1. The number of rotatable bonds is 24. The van der Waals surface area contributed by atoms with Crippen LogP contribution < -0.4 is 4.74 Å². The van der Waals surface area contributed by atoms with Crippen LogP contribution in [0.15, 0.2) is 22.4 Å². The van der Waals surface area contributed by atoms with Crippen molar-refractivity contribution in [3.05, 3.63) is 23.3 Å². The fourth-order valence-corrected chi connectivity index (χ4v) is 8.81. The maximum atomic E-state index is 11.2. The molecule has 0 unspecified atom stereocenters. The standard InChI is InChI=1S/C37H63N3O2S4/c1-9-11-13-15-17-19-21-43-23-25-45-34-38-33(39-35(40-34)46-26-24-44-22-20-18-16-14-12-10-2)42-29-27-30(36(3,4)5)32(41)31(28-29)37(6,7)8/h27-28,41H,9-26H2,1-8H3. The maximum Gasteiger partial charge on any atom is 0.327 e. The highest BCUT2D eigenvalue weighted by Crippen LogP contribution is 2.42. The highest BCUT2D eigenvalue weighted by atomic mass is 32.2. The molecule has 1 aromatic carbocycles. The highest BCUT2D eigenvalue weighted by Gasteiger charge is 2.27. The molecule has 262 valence electrons. The molecule has 1 N–H and O–H groups in total.